The molecule has 2 heterocycles. The molecule has 2 N–H and O–H groups in total. The van der Waals surface area contributed by atoms with Crippen molar-refractivity contribution in [1.29, 1.82) is 0 Å². The summed E-state index contributed by atoms with van der Waals surface area (Å²) in [6, 6.07) is 7.29. The van der Waals surface area contributed by atoms with Crippen LogP contribution in [0.4, 0.5) is 10.5 Å². The Morgan fingerprint density at radius 2 is 2.03 bits per heavy atom. The minimum Gasteiger partial charge on any atom is -0.449 e. The van der Waals surface area contributed by atoms with Crippen LogP contribution in [0.1, 0.15) is 39.0 Å². The molecule has 1 aromatic carbocycles. The van der Waals surface area contributed by atoms with Gasteiger partial charge in [0.1, 0.15) is 5.69 Å². The number of anilines is 1. The molecule has 8 nitrogen and oxygen atoms in total. The topological polar surface area (TPSA) is 102 Å². The average Bonchev–Trinajstić information content (AvgIpc) is 3.16. The zero-order chi connectivity index (χ0) is 22.4. The summed E-state index contributed by atoms with van der Waals surface area (Å²) in [5.41, 5.74) is 3.01. The molecule has 164 valence electrons. The van der Waals surface area contributed by atoms with Crippen molar-refractivity contribution in [2.24, 2.45) is 11.8 Å². The van der Waals surface area contributed by atoms with Gasteiger partial charge in [-0.2, -0.15) is 10.2 Å². The second kappa shape index (κ2) is 10.1. The maximum Gasteiger partial charge on any atom is 0.411 e. The highest BCUT2D eigenvalue weighted by molar-refractivity contribution is 5.84. The van der Waals surface area contributed by atoms with Crippen molar-refractivity contribution < 1.29 is 9.53 Å². The average molecular weight is 424 g/mol. The molecule has 0 saturated heterocycles. The van der Waals surface area contributed by atoms with Crippen LogP contribution in [0.5, 0.6) is 0 Å². The lowest BCUT2D eigenvalue weighted by Gasteiger charge is -2.10. The number of rotatable bonds is 8. The highest BCUT2D eigenvalue weighted by Gasteiger charge is 2.13. The molecule has 8 heteroatoms. The van der Waals surface area contributed by atoms with Crippen molar-refractivity contribution in [2.45, 2.75) is 40.7 Å². The standard InChI is InChI=1S/C23H29N5O3/c1-15(2)12-28-13-18(10-25-28)20-11-24-27-21(22(20)29)9-17-6-5-7-19(8-17)26-23(30)31-14-16(3)4/h5-8,10-11,13,15-16H,9,12,14H2,1-4H3,(H,24,29)(H,26,30). The molecule has 3 aromatic rings. The van der Waals surface area contributed by atoms with E-state index in [9.17, 15) is 9.59 Å². The van der Waals surface area contributed by atoms with Crippen molar-refractivity contribution in [3.63, 3.8) is 0 Å². The summed E-state index contributed by atoms with van der Waals surface area (Å²) in [5, 5.41) is 14.1. The number of benzene rings is 1. The summed E-state index contributed by atoms with van der Waals surface area (Å²) in [6.07, 6.45) is 5.01. The number of hydrogen-bond donors (Lipinski definition) is 2. The molecule has 1 amide bonds. The lowest BCUT2D eigenvalue weighted by molar-refractivity contribution is 0.147. The van der Waals surface area contributed by atoms with Crippen LogP contribution in [-0.4, -0.2) is 32.7 Å². The van der Waals surface area contributed by atoms with E-state index < -0.39 is 6.09 Å². The first kappa shape index (κ1) is 22.3. The molecule has 0 spiro atoms. The molecule has 0 aliphatic heterocycles. The van der Waals surface area contributed by atoms with Crippen LogP contribution in [0.3, 0.4) is 0 Å². The Labute approximate surface area is 181 Å². The third kappa shape index (κ3) is 6.28. The van der Waals surface area contributed by atoms with Crippen LogP contribution in [0.15, 0.2) is 47.7 Å². The first-order valence-corrected chi connectivity index (χ1v) is 10.4. The first-order valence-electron chi connectivity index (χ1n) is 10.4. The second-order valence-electron chi connectivity index (χ2n) is 8.41. The number of aromatic nitrogens is 4. The summed E-state index contributed by atoms with van der Waals surface area (Å²) in [5.74, 6) is 0.724. The lowest BCUT2D eigenvalue weighted by atomic mass is 10.1. The lowest BCUT2D eigenvalue weighted by Crippen LogP contribution is -2.17. The van der Waals surface area contributed by atoms with Gasteiger partial charge in [0.15, 0.2) is 0 Å². The van der Waals surface area contributed by atoms with E-state index in [-0.39, 0.29) is 11.3 Å². The summed E-state index contributed by atoms with van der Waals surface area (Å²) in [4.78, 5) is 24.9. The number of aromatic amines is 1. The van der Waals surface area contributed by atoms with Crippen LogP contribution >= 0.6 is 0 Å². The minimum atomic E-state index is -0.498. The van der Waals surface area contributed by atoms with E-state index in [1.165, 1.54) is 0 Å². The van der Waals surface area contributed by atoms with Gasteiger partial charge >= 0.3 is 6.09 Å². The fourth-order valence-electron chi connectivity index (χ4n) is 3.11. The predicted molar refractivity (Wildman–Crippen MR) is 120 cm³/mol. The number of nitrogens with one attached hydrogen (secondary N) is 2. The molecule has 0 aliphatic carbocycles. The number of carbonyl (C=O) groups is 1. The van der Waals surface area contributed by atoms with Gasteiger partial charge in [-0.05, 0) is 29.5 Å². The molecular weight excluding hydrogens is 394 g/mol. The Bertz CT molecular complexity index is 1080. The monoisotopic (exact) mass is 423 g/mol. The molecule has 0 atom stereocenters. The van der Waals surface area contributed by atoms with Crippen LogP contribution in [0.2, 0.25) is 0 Å². The van der Waals surface area contributed by atoms with Gasteiger partial charge < -0.3 is 4.74 Å². The first-order chi connectivity index (χ1) is 14.8. The molecule has 0 fully saturated rings. The van der Waals surface area contributed by atoms with Crippen LogP contribution in [0.25, 0.3) is 11.1 Å². The maximum atomic E-state index is 13.0. The zero-order valence-electron chi connectivity index (χ0n) is 18.4. The Morgan fingerprint density at radius 1 is 1.23 bits per heavy atom. The number of H-pyrrole nitrogens is 1. The van der Waals surface area contributed by atoms with E-state index in [1.807, 2.05) is 42.9 Å². The highest BCUT2D eigenvalue weighted by atomic mass is 16.5. The summed E-state index contributed by atoms with van der Waals surface area (Å²) >= 11 is 0. The van der Waals surface area contributed by atoms with E-state index in [1.54, 1.807) is 18.5 Å². The quantitative estimate of drug-likeness (QED) is 0.568. The molecule has 0 saturated carbocycles. The van der Waals surface area contributed by atoms with Gasteiger partial charge in [-0.25, -0.2) is 4.79 Å². The van der Waals surface area contributed by atoms with Crippen molar-refractivity contribution in [2.75, 3.05) is 11.9 Å². The smallest absolute Gasteiger partial charge is 0.411 e. The molecule has 2 aromatic heterocycles. The molecule has 0 bridgehead atoms. The number of carbonyl (C=O) groups excluding carboxylic acids is 1. The van der Waals surface area contributed by atoms with Gasteiger partial charge in [-0.3, -0.25) is 19.9 Å². The molecule has 3 rings (SSSR count). The number of amides is 1. The van der Waals surface area contributed by atoms with Gasteiger partial charge in [-0.15, -0.1) is 0 Å². The van der Waals surface area contributed by atoms with E-state index >= 15 is 0 Å². The normalized spacial score (nSPS) is 11.2. The van der Waals surface area contributed by atoms with Crippen LogP contribution < -0.4 is 10.7 Å². The second-order valence-corrected chi connectivity index (χ2v) is 8.41. The van der Waals surface area contributed by atoms with Gasteiger partial charge in [0.2, 0.25) is 5.43 Å². The Hall–Kier alpha value is -3.42. The van der Waals surface area contributed by atoms with Gasteiger partial charge in [0.25, 0.3) is 0 Å². The van der Waals surface area contributed by atoms with Crippen LogP contribution in [0, 0.1) is 11.8 Å². The SMILES string of the molecule is CC(C)COC(=O)Nc1cccc(Cc2n[nH]cc(-c3cnn(CC(C)C)c3)c2=O)c1. The highest BCUT2D eigenvalue weighted by Crippen LogP contribution is 2.17. The van der Waals surface area contributed by atoms with Gasteiger partial charge in [-0.1, -0.05) is 39.8 Å². The van der Waals surface area contributed by atoms with Gasteiger partial charge in [0.05, 0.1) is 18.4 Å². The van der Waals surface area contributed by atoms with E-state index in [0.29, 0.717) is 35.9 Å². The van der Waals surface area contributed by atoms with Crippen molar-refractivity contribution in [1.82, 2.24) is 20.0 Å². The summed E-state index contributed by atoms with van der Waals surface area (Å²) in [7, 11) is 0. The van der Waals surface area contributed by atoms with Crippen molar-refractivity contribution in [3.05, 3.63) is 64.3 Å². The maximum absolute atomic E-state index is 13.0. The van der Waals surface area contributed by atoms with Gasteiger partial charge in [0, 0.05) is 36.6 Å². The third-order valence-electron chi connectivity index (χ3n) is 4.50. The minimum absolute atomic E-state index is 0.141. The Morgan fingerprint density at radius 3 is 2.77 bits per heavy atom. The van der Waals surface area contributed by atoms with Crippen LogP contribution in [-0.2, 0) is 17.7 Å². The van der Waals surface area contributed by atoms with E-state index in [0.717, 1.165) is 17.7 Å². The molecular formula is C23H29N5O3. The molecule has 31 heavy (non-hydrogen) atoms. The number of ether oxygens (including phenoxy) is 1. The van der Waals surface area contributed by atoms with Crippen molar-refractivity contribution >= 4 is 11.8 Å². The zero-order valence-corrected chi connectivity index (χ0v) is 18.4. The number of hydrogen-bond acceptors (Lipinski definition) is 5. The largest absolute Gasteiger partial charge is 0.449 e. The fourth-order valence-corrected chi connectivity index (χ4v) is 3.11. The Balaban J connectivity index is 1.75. The van der Waals surface area contributed by atoms with E-state index in [4.69, 9.17) is 4.74 Å². The predicted octanol–water partition coefficient (Wildman–Crippen LogP) is 4.08. The summed E-state index contributed by atoms with van der Waals surface area (Å²) in [6.45, 7) is 9.32. The third-order valence-corrected chi connectivity index (χ3v) is 4.50. The molecule has 0 unspecified atom stereocenters. The number of nitrogens with zero attached hydrogens (tertiary/aromatic N) is 3. The molecule has 0 aliphatic rings. The summed E-state index contributed by atoms with van der Waals surface area (Å²) < 4.78 is 6.99. The Kier molecular flexibility index (Phi) is 7.23. The fraction of sp³-hybridized carbons (Fsp3) is 0.391. The molecule has 0 radical (unpaired) electrons. The van der Waals surface area contributed by atoms with Crippen molar-refractivity contribution in [3.8, 4) is 11.1 Å². The van der Waals surface area contributed by atoms with E-state index in [2.05, 4.69) is 34.5 Å².